The van der Waals surface area contributed by atoms with Gasteiger partial charge in [0.2, 0.25) is 5.88 Å². The molecule has 2 fully saturated rings. The summed E-state index contributed by atoms with van der Waals surface area (Å²) in [6.45, 7) is 0.563. The number of ether oxygens (including phenoxy) is 1. The maximum atomic E-state index is 13.5. The van der Waals surface area contributed by atoms with Crippen LogP contribution < -0.4 is 15.4 Å². The van der Waals surface area contributed by atoms with E-state index < -0.39 is 17.1 Å². The van der Waals surface area contributed by atoms with Gasteiger partial charge < -0.3 is 19.9 Å². The van der Waals surface area contributed by atoms with Crippen molar-refractivity contribution in [2.24, 2.45) is 5.92 Å². The first-order valence-corrected chi connectivity index (χ1v) is 14.1. The van der Waals surface area contributed by atoms with E-state index >= 15 is 0 Å². The molecule has 36 heavy (non-hydrogen) atoms. The maximum Gasteiger partial charge on any atom is 0.274 e. The van der Waals surface area contributed by atoms with E-state index in [4.69, 9.17) is 27.9 Å². The SMILES string of the molecule is O=C(NCC1CC1)c1cc(Cl)cc(Br)c1NC(=O)c1cc(OC2C[S+]([O-])C2)nn1-c1ncccc1Cl. The van der Waals surface area contributed by atoms with Gasteiger partial charge in [-0.05, 0) is 70.1 Å². The van der Waals surface area contributed by atoms with E-state index in [1.807, 2.05) is 0 Å². The number of halogens is 3. The van der Waals surface area contributed by atoms with Crippen molar-refractivity contribution < 1.29 is 18.9 Å². The minimum atomic E-state index is -0.908. The van der Waals surface area contributed by atoms with Crippen molar-refractivity contribution >= 4 is 67.8 Å². The Morgan fingerprint density at radius 1 is 1.22 bits per heavy atom. The molecule has 1 aliphatic heterocycles. The fourth-order valence-corrected chi connectivity index (χ4v) is 5.57. The number of hydrogen-bond acceptors (Lipinski definition) is 6. The summed E-state index contributed by atoms with van der Waals surface area (Å²) in [6, 6.07) is 7.84. The van der Waals surface area contributed by atoms with Crippen LogP contribution in [0.1, 0.15) is 33.7 Å². The molecular weight excluding hydrogens is 593 g/mol. The summed E-state index contributed by atoms with van der Waals surface area (Å²) in [4.78, 5) is 30.7. The lowest BCUT2D eigenvalue weighted by molar-refractivity contribution is 0.0952. The first kappa shape index (κ1) is 25.3. The zero-order valence-electron chi connectivity index (χ0n) is 18.7. The molecule has 3 heterocycles. The van der Waals surface area contributed by atoms with Gasteiger partial charge in [-0.3, -0.25) is 9.59 Å². The van der Waals surface area contributed by atoms with E-state index in [0.29, 0.717) is 33.5 Å². The predicted octanol–water partition coefficient (Wildman–Crippen LogP) is 4.24. The van der Waals surface area contributed by atoms with E-state index in [1.54, 1.807) is 18.2 Å². The van der Waals surface area contributed by atoms with Crippen LogP contribution in [0.15, 0.2) is 41.0 Å². The Bertz CT molecular complexity index is 1330. The molecule has 0 radical (unpaired) electrons. The lowest BCUT2D eigenvalue weighted by Crippen LogP contribution is -2.45. The first-order chi connectivity index (χ1) is 17.3. The Labute approximate surface area is 228 Å². The van der Waals surface area contributed by atoms with Crippen LogP contribution in [-0.4, -0.2) is 55.3 Å². The third-order valence-corrected chi connectivity index (χ3v) is 8.30. The molecule has 0 atom stereocenters. The number of nitrogens with one attached hydrogen (secondary N) is 2. The molecular formula is C23H20BrCl2N5O4S. The average Bonchev–Trinajstić information content (AvgIpc) is 3.56. The number of carbonyl (C=O) groups excluding carboxylic acids is 2. The average molecular weight is 613 g/mol. The van der Waals surface area contributed by atoms with Crippen LogP contribution in [0.25, 0.3) is 5.82 Å². The molecule has 1 saturated carbocycles. The second-order valence-electron chi connectivity index (χ2n) is 8.52. The summed E-state index contributed by atoms with van der Waals surface area (Å²) in [5.74, 6) is 0.763. The van der Waals surface area contributed by atoms with Gasteiger partial charge in [-0.2, -0.15) is 0 Å². The summed E-state index contributed by atoms with van der Waals surface area (Å²) in [6.07, 6.45) is 3.45. The summed E-state index contributed by atoms with van der Waals surface area (Å²) >= 11 is 15.0. The maximum absolute atomic E-state index is 13.5. The van der Waals surface area contributed by atoms with Crippen molar-refractivity contribution in [1.29, 1.82) is 0 Å². The van der Waals surface area contributed by atoms with Crippen LogP contribution in [0.5, 0.6) is 5.88 Å². The lowest BCUT2D eigenvalue weighted by atomic mass is 10.1. The van der Waals surface area contributed by atoms with Crippen molar-refractivity contribution in [3.05, 3.63) is 62.3 Å². The quantitative estimate of drug-likeness (QED) is 0.367. The van der Waals surface area contributed by atoms with Crippen molar-refractivity contribution in [3.8, 4) is 11.7 Å². The van der Waals surface area contributed by atoms with E-state index in [9.17, 15) is 14.1 Å². The van der Waals surface area contributed by atoms with E-state index in [2.05, 4.69) is 36.6 Å². The molecule has 0 unspecified atom stereocenters. The number of benzene rings is 1. The number of pyridine rings is 1. The van der Waals surface area contributed by atoms with Crippen molar-refractivity contribution in [3.63, 3.8) is 0 Å². The van der Waals surface area contributed by atoms with Gasteiger partial charge in [0.1, 0.15) is 17.2 Å². The van der Waals surface area contributed by atoms with Gasteiger partial charge in [-0.15, -0.1) is 5.10 Å². The zero-order valence-corrected chi connectivity index (χ0v) is 22.6. The van der Waals surface area contributed by atoms with Gasteiger partial charge in [0.05, 0.1) is 16.3 Å². The fraction of sp³-hybridized carbons (Fsp3) is 0.304. The molecule has 1 aliphatic carbocycles. The fourth-order valence-electron chi connectivity index (χ4n) is 3.59. The second kappa shape index (κ2) is 10.6. The van der Waals surface area contributed by atoms with Crippen LogP contribution in [0.4, 0.5) is 5.69 Å². The highest BCUT2D eigenvalue weighted by atomic mass is 79.9. The van der Waals surface area contributed by atoms with Crippen molar-refractivity contribution in [1.82, 2.24) is 20.1 Å². The topological polar surface area (TPSA) is 121 Å². The Morgan fingerprint density at radius 2 is 2.00 bits per heavy atom. The molecule has 2 aliphatic rings. The zero-order chi connectivity index (χ0) is 25.4. The Hall–Kier alpha value is -2.31. The van der Waals surface area contributed by atoms with Gasteiger partial charge >= 0.3 is 0 Å². The number of rotatable bonds is 8. The Balaban J connectivity index is 1.46. The van der Waals surface area contributed by atoms with Gasteiger partial charge in [-0.1, -0.05) is 23.2 Å². The molecule has 188 valence electrons. The minimum Gasteiger partial charge on any atom is -0.616 e. The summed E-state index contributed by atoms with van der Waals surface area (Å²) < 4.78 is 19.0. The van der Waals surface area contributed by atoms with Crippen molar-refractivity contribution in [2.75, 3.05) is 23.4 Å². The van der Waals surface area contributed by atoms with Gasteiger partial charge in [0.15, 0.2) is 11.9 Å². The standard InChI is InChI=1S/C23H20BrCl2N5O4S/c24-16-7-13(25)6-15(22(32)28-9-12-3-4-12)20(16)29-23(33)18-8-19(35-14-10-36(34)11-14)30-31(18)21-17(26)2-1-5-27-21/h1-2,5-8,12,14H,3-4,9-11H2,(H,28,32)(H,29,33). The third-order valence-electron chi connectivity index (χ3n) is 5.68. The first-order valence-electron chi connectivity index (χ1n) is 11.1. The summed E-state index contributed by atoms with van der Waals surface area (Å²) in [5, 5.41) is 10.7. The Morgan fingerprint density at radius 3 is 2.69 bits per heavy atom. The lowest BCUT2D eigenvalue weighted by Gasteiger charge is -2.27. The summed E-state index contributed by atoms with van der Waals surface area (Å²) in [5.41, 5.74) is 0.561. The number of anilines is 1. The molecule has 0 spiro atoms. The molecule has 3 aromatic rings. The van der Waals surface area contributed by atoms with Gasteiger partial charge in [0, 0.05) is 28.3 Å². The van der Waals surface area contributed by atoms with E-state index in [-0.39, 0.29) is 45.7 Å². The normalized spacial score (nSPS) is 18.9. The van der Waals surface area contributed by atoms with Crippen LogP contribution in [0.2, 0.25) is 10.0 Å². The molecule has 5 rings (SSSR count). The highest BCUT2D eigenvalue weighted by molar-refractivity contribution is 9.10. The highest BCUT2D eigenvalue weighted by Crippen LogP contribution is 2.33. The van der Waals surface area contributed by atoms with E-state index in [1.165, 1.54) is 23.0 Å². The van der Waals surface area contributed by atoms with E-state index in [0.717, 1.165) is 12.8 Å². The monoisotopic (exact) mass is 611 g/mol. The molecule has 1 aromatic carbocycles. The van der Waals surface area contributed by atoms with Crippen LogP contribution in [-0.2, 0) is 11.2 Å². The molecule has 1 saturated heterocycles. The molecule has 2 N–H and O–H groups in total. The number of amides is 2. The number of carbonyl (C=O) groups is 2. The van der Waals surface area contributed by atoms with Crippen LogP contribution >= 0.6 is 39.1 Å². The molecule has 9 nitrogen and oxygen atoms in total. The smallest absolute Gasteiger partial charge is 0.274 e. The molecule has 2 amide bonds. The summed E-state index contributed by atoms with van der Waals surface area (Å²) in [7, 11) is 0. The molecule has 2 aromatic heterocycles. The Kier molecular flexibility index (Phi) is 7.45. The number of nitrogens with zero attached hydrogens (tertiary/aromatic N) is 3. The third kappa shape index (κ3) is 5.65. The molecule has 13 heteroatoms. The second-order valence-corrected chi connectivity index (χ2v) is 11.8. The predicted molar refractivity (Wildman–Crippen MR) is 141 cm³/mol. The number of hydrogen-bond donors (Lipinski definition) is 2. The van der Waals surface area contributed by atoms with Crippen LogP contribution in [0.3, 0.4) is 0 Å². The van der Waals surface area contributed by atoms with Gasteiger partial charge in [0.25, 0.3) is 11.8 Å². The highest BCUT2D eigenvalue weighted by Gasteiger charge is 2.35. The van der Waals surface area contributed by atoms with Crippen LogP contribution in [0, 0.1) is 5.92 Å². The minimum absolute atomic E-state index is 0.0808. The van der Waals surface area contributed by atoms with Gasteiger partial charge in [-0.25, -0.2) is 9.67 Å². The largest absolute Gasteiger partial charge is 0.616 e. The number of aromatic nitrogens is 3. The molecule has 0 bridgehead atoms. The van der Waals surface area contributed by atoms with Crippen molar-refractivity contribution in [2.45, 2.75) is 18.9 Å².